The highest BCUT2D eigenvalue weighted by Crippen LogP contribution is 2.06. The first-order valence-corrected chi connectivity index (χ1v) is 4.13. The number of hydrogen-bond donors (Lipinski definition) is 1. The molecule has 0 saturated heterocycles. The number of carbonyl (C=O) groups is 1. The molecule has 0 amide bonds. The lowest BCUT2D eigenvalue weighted by Crippen LogP contribution is -2.06. The maximum Gasteiger partial charge on any atom is 0.337 e. The number of carbonyl (C=O) groups excluding carboxylic acids is 1. The summed E-state index contributed by atoms with van der Waals surface area (Å²) < 4.78 is 4.60. The van der Waals surface area contributed by atoms with E-state index in [1.807, 2.05) is 6.07 Å². The largest absolute Gasteiger partial charge is 0.465 e. The maximum atomic E-state index is 11.2. The molecule has 1 aromatic carbocycles. The minimum Gasteiger partial charge on any atom is -0.465 e. The lowest BCUT2D eigenvalue weighted by molar-refractivity contribution is 0.0600. The molecule has 0 bridgehead atoms. The zero-order valence-corrected chi connectivity index (χ0v) is 7.99. The summed E-state index contributed by atoms with van der Waals surface area (Å²) in [5, 5.41) is 3.51. The van der Waals surface area contributed by atoms with Crippen molar-refractivity contribution in [3.8, 4) is 0 Å². The van der Waals surface area contributed by atoms with E-state index in [0.717, 1.165) is 5.56 Å². The van der Waals surface area contributed by atoms with Crippen LogP contribution >= 0.6 is 0 Å². The van der Waals surface area contributed by atoms with Crippen molar-refractivity contribution in [3.05, 3.63) is 35.4 Å². The lowest BCUT2D eigenvalue weighted by atomic mass is 10.1. The van der Waals surface area contributed by atoms with Gasteiger partial charge in [0.25, 0.3) is 0 Å². The molecule has 0 atom stereocenters. The second-order valence-corrected chi connectivity index (χ2v) is 2.68. The number of ether oxygens (including phenoxy) is 1. The zero-order chi connectivity index (χ0) is 10.4. The molecule has 74 valence electrons. The van der Waals surface area contributed by atoms with Crippen LogP contribution in [0.1, 0.15) is 15.9 Å². The van der Waals surface area contributed by atoms with Crippen molar-refractivity contribution in [1.29, 1.82) is 0 Å². The normalized spacial score (nSPS) is 9.21. The predicted octanol–water partition coefficient (Wildman–Crippen LogP) is 1.18. The van der Waals surface area contributed by atoms with E-state index in [4.69, 9.17) is 0 Å². The summed E-state index contributed by atoms with van der Waals surface area (Å²) in [6.07, 6.45) is 0. The van der Waals surface area contributed by atoms with E-state index in [1.165, 1.54) is 7.11 Å². The van der Waals surface area contributed by atoms with Crippen molar-refractivity contribution >= 4 is 12.7 Å². The number of rotatable bonds is 4. The van der Waals surface area contributed by atoms with E-state index >= 15 is 0 Å². The van der Waals surface area contributed by atoms with E-state index in [0.29, 0.717) is 12.1 Å². The van der Waals surface area contributed by atoms with Gasteiger partial charge in [0.15, 0.2) is 0 Å². The van der Waals surface area contributed by atoms with Crippen LogP contribution in [0.2, 0.25) is 0 Å². The maximum absolute atomic E-state index is 11.2. The van der Waals surface area contributed by atoms with Gasteiger partial charge in [-0.05, 0) is 17.7 Å². The van der Waals surface area contributed by atoms with Crippen molar-refractivity contribution < 1.29 is 9.53 Å². The Morgan fingerprint density at radius 3 is 3.07 bits per heavy atom. The highest BCUT2D eigenvalue weighted by molar-refractivity contribution is 5.89. The van der Waals surface area contributed by atoms with Crippen molar-refractivity contribution in [2.45, 2.75) is 6.54 Å². The predicted molar refractivity (Wildman–Crippen MR) is 54.2 cm³/mol. The van der Waals surface area contributed by atoms with Crippen molar-refractivity contribution in [3.63, 3.8) is 0 Å². The first kappa shape index (κ1) is 10.2. The van der Waals surface area contributed by atoms with Crippen LogP contribution in [0.4, 0.5) is 0 Å². The van der Waals surface area contributed by atoms with Crippen LogP contribution in [-0.4, -0.2) is 19.8 Å². The molecule has 0 spiro atoms. The molecule has 0 aromatic heterocycles. The molecule has 1 aromatic rings. The number of hydrogen-bond acceptors (Lipinski definition) is 4. The van der Waals surface area contributed by atoms with Gasteiger partial charge in [0.05, 0.1) is 19.2 Å². The van der Waals surface area contributed by atoms with E-state index in [-0.39, 0.29) is 5.97 Å². The molecule has 1 N–H and O–H groups in total. The van der Waals surface area contributed by atoms with Crippen LogP contribution in [0.15, 0.2) is 29.4 Å². The van der Waals surface area contributed by atoms with Crippen LogP contribution < -0.4 is 5.43 Å². The average Bonchev–Trinajstić information content (AvgIpc) is 2.25. The van der Waals surface area contributed by atoms with Crippen LogP contribution in [0.3, 0.4) is 0 Å². The van der Waals surface area contributed by atoms with Gasteiger partial charge in [-0.3, -0.25) is 0 Å². The summed E-state index contributed by atoms with van der Waals surface area (Å²) in [6, 6.07) is 7.15. The highest BCUT2D eigenvalue weighted by Gasteiger charge is 2.04. The van der Waals surface area contributed by atoms with Gasteiger partial charge >= 0.3 is 5.97 Å². The van der Waals surface area contributed by atoms with Crippen molar-refractivity contribution in [2.24, 2.45) is 5.10 Å². The standard InChI is InChI=1S/C10H12N2O2/c1-11-12-7-8-4-3-5-9(6-8)10(13)14-2/h3-6,12H,1,7H2,2H3. The van der Waals surface area contributed by atoms with Gasteiger partial charge < -0.3 is 10.2 Å². The number of esters is 1. The Morgan fingerprint density at radius 1 is 1.64 bits per heavy atom. The van der Waals surface area contributed by atoms with Gasteiger partial charge in [-0.15, -0.1) is 0 Å². The third-order valence-corrected chi connectivity index (χ3v) is 1.74. The van der Waals surface area contributed by atoms with E-state index < -0.39 is 0 Å². The Bertz CT molecular complexity index is 337. The first-order chi connectivity index (χ1) is 6.77. The minimum atomic E-state index is -0.335. The number of benzene rings is 1. The van der Waals surface area contributed by atoms with Crippen LogP contribution in [-0.2, 0) is 11.3 Å². The fourth-order valence-corrected chi connectivity index (χ4v) is 1.07. The average molecular weight is 192 g/mol. The van der Waals surface area contributed by atoms with Crippen LogP contribution in [0.5, 0.6) is 0 Å². The molecule has 0 aliphatic carbocycles. The molecule has 4 nitrogen and oxygen atoms in total. The fraction of sp³-hybridized carbons (Fsp3) is 0.200. The Hall–Kier alpha value is -1.84. The topological polar surface area (TPSA) is 50.7 Å². The first-order valence-electron chi connectivity index (χ1n) is 4.13. The third-order valence-electron chi connectivity index (χ3n) is 1.74. The highest BCUT2D eigenvalue weighted by atomic mass is 16.5. The van der Waals surface area contributed by atoms with Crippen LogP contribution in [0.25, 0.3) is 0 Å². The van der Waals surface area contributed by atoms with Crippen molar-refractivity contribution in [1.82, 2.24) is 5.43 Å². The second kappa shape index (κ2) is 5.01. The number of nitrogens with one attached hydrogen (secondary N) is 1. The number of nitrogens with zero attached hydrogens (tertiary/aromatic N) is 1. The monoisotopic (exact) mass is 192 g/mol. The van der Waals surface area contributed by atoms with Gasteiger partial charge in [0.2, 0.25) is 0 Å². The molecular weight excluding hydrogens is 180 g/mol. The van der Waals surface area contributed by atoms with E-state index in [9.17, 15) is 4.79 Å². The van der Waals surface area contributed by atoms with E-state index in [2.05, 4.69) is 22.0 Å². The number of hydrazone groups is 1. The quantitative estimate of drug-likeness (QED) is 0.442. The Labute approximate surface area is 82.6 Å². The van der Waals surface area contributed by atoms with Crippen LogP contribution in [0, 0.1) is 0 Å². The molecule has 0 radical (unpaired) electrons. The van der Waals surface area contributed by atoms with E-state index in [1.54, 1.807) is 18.2 Å². The summed E-state index contributed by atoms with van der Waals surface area (Å²) >= 11 is 0. The molecule has 0 saturated carbocycles. The molecule has 14 heavy (non-hydrogen) atoms. The number of methoxy groups -OCH3 is 1. The van der Waals surface area contributed by atoms with Gasteiger partial charge in [0, 0.05) is 6.72 Å². The third kappa shape index (κ3) is 2.58. The summed E-state index contributed by atoms with van der Waals surface area (Å²) in [6.45, 7) is 3.85. The van der Waals surface area contributed by atoms with Gasteiger partial charge in [-0.1, -0.05) is 12.1 Å². The molecular formula is C10H12N2O2. The summed E-state index contributed by atoms with van der Waals surface area (Å²) in [5.74, 6) is -0.335. The molecule has 4 heteroatoms. The second-order valence-electron chi connectivity index (χ2n) is 2.68. The summed E-state index contributed by atoms with van der Waals surface area (Å²) in [5.41, 5.74) is 4.21. The SMILES string of the molecule is C=NNCc1cccc(C(=O)OC)c1. The Kier molecular flexibility index (Phi) is 3.67. The smallest absolute Gasteiger partial charge is 0.337 e. The molecule has 1 rings (SSSR count). The summed E-state index contributed by atoms with van der Waals surface area (Å²) in [4.78, 5) is 11.2. The minimum absolute atomic E-state index is 0.335. The zero-order valence-electron chi connectivity index (χ0n) is 7.99. The molecule has 0 heterocycles. The van der Waals surface area contributed by atoms with Gasteiger partial charge in [-0.25, -0.2) is 4.79 Å². The van der Waals surface area contributed by atoms with Gasteiger partial charge in [-0.2, -0.15) is 5.10 Å². The fourth-order valence-electron chi connectivity index (χ4n) is 1.07. The van der Waals surface area contributed by atoms with Crippen molar-refractivity contribution in [2.75, 3.05) is 7.11 Å². The Balaban J connectivity index is 2.78. The molecule has 0 aliphatic heterocycles. The lowest BCUT2D eigenvalue weighted by Gasteiger charge is -2.03. The Morgan fingerprint density at radius 2 is 2.43 bits per heavy atom. The molecule has 0 aliphatic rings. The summed E-state index contributed by atoms with van der Waals surface area (Å²) in [7, 11) is 1.36. The van der Waals surface area contributed by atoms with Gasteiger partial charge in [0.1, 0.15) is 0 Å². The molecule has 0 fully saturated rings. The molecule has 0 unspecified atom stereocenters.